The van der Waals surface area contributed by atoms with Crippen LogP contribution < -0.4 is 20.9 Å². The number of nitrogens with one attached hydrogen (secondary N) is 2. The molecular formula is C17H25BrClN3O3. The first-order valence-corrected chi connectivity index (χ1v) is 9.39. The number of carbonyl (C=O) groups excluding carboxylic acids is 1. The third kappa shape index (κ3) is 5.21. The van der Waals surface area contributed by atoms with E-state index >= 15 is 0 Å². The molecule has 25 heavy (non-hydrogen) atoms. The lowest BCUT2D eigenvalue weighted by Gasteiger charge is -2.30. The molecule has 6 nitrogen and oxygen atoms in total. The van der Waals surface area contributed by atoms with Crippen molar-refractivity contribution >= 4 is 34.2 Å². The van der Waals surface area contributed by atoms with Crippen LogP contribution in [0.15, 0.2) is 21.5 Å². The Balaban J connectivity index is 0.00000225. The second-order valence-electron chi connectivity index (χ2n) is 6.68. The maximum atomic E-state index is 12.2. The fraction of sp³-hybridized carbons (Fsp3) is 0.647. The van der Waals surface area contributed by atoms with Crippen molar-refractivity contribution in [2.75, 3.05) is 6.54 Å². The summed E-state index contributed by atoms with van der Waals surface area (Å²) in [5, 5.41) is 6.38. The fourth-order valence-electron chi connectivity index (χ4n) is 3.39. The number of nitrogens with zero attached hydrogens (tertiary/aromatic N) is 1. The first-order chi connectivity index (χ1) is 11.5. The zero-order valence-corrected chi connectivity index (χ0v) is 16.7. The SMILES string of the molecule is Cl.Cn1cc(Br)c(O[C@H]2CC[C@H](NC(=O)[C@H]3CCCN3)CC2)cc1=O. The molecule has 1 saturated carbocycles. The molecule has 1 amide bonds. The molecule has 1 aromatic rings. The first kappa shape index (κ1) is 20.3. The van der Waals surface area contributed by atoms with Crippen molar-refractivity contribution in [2.24, 2.45) is 7.05 Å². The van der Waals surface area contributed by atoms with Gasteiger partial charge in [-0.2, -0.15) is 0 Å². The number of amides is 1. The molecule has 1 atom stereocenters. The number of pyridine rings is 1. The summed E-state index contributed by atoms with van der Waals surface area (Å²) in [7, 11) is 1.71. The van der Waals surface area contributed by atoms with Crippen LogP contribution >= 0.6 is 28.3 Å². The number of carbonyl (C=O) groups is 1. The zero-order chi connectivity index (χ0) is 17.1. The summed E-state index contributed by atoms with van der Waals surface area (Å²) in [5.41, 5.74) is -0.0850. The van der Waals surface area contributed by atoms with Gasteiger partial charge >= 0.3 is 0 Å². The Bertz CT molecular complexity index is 653. The normalized spacial score (nSPS) is 25.9. The molecule has 0 unspecified atom stereocenters. The maximum absolute atomic E-state index is 12.2. The Morgan fingerprint density at radius 2 is 2.04 bits per heavy atom. The third-order valence-electron chi connectivity index (χ3n) is 4.84. The largest absolute Gasteiger partial charge is 0.489 e. The van der Waals surface area contributed by atoms with E-state index in [1.165, 1.54) is 10.6 Å². The monoisotopic (exact) mass is 433 g/mol. The van der Waals surface area contributed by atoms with E-state index in [2.05, 4.69) is 26.6 Å². The minimum Gasteiger partial charge on any atom is -0.489 e. The predicted octanol–water partition coefficient (Wildman–Crippen LogP) is 2.13. The number of hydrogen-bond acceptors (Lipinski definition) is 4. The lowest BCUT2D eigenvalue weighted by atomic mass is 9.92. The average Bonchev–Trinajstić information content (AvgIpc) is 3.09. The molecule has 3 rings (SSSR count). The average molecular weight is 435 g/mol. The number of ether oxygens (including phenoxy) is 1. The number of halogens is 2. The van der Waals surface area contributed by atoms with Crippen LogP contribution in [0.2, 0.25) is 0 Å². The summed E-state index contributed by atoms with van der Waals surface area (Å²) in [6, 6.07) is 1.73. The van der Waals surface area contributed by atoms with Gasteiger partial charge in [-0.05, 0) is 61.0 Å². The first-order valence-electron chi connectivity index (χ1n) is 8.59. The van der Waals surface area contributed by atoms with E-state index in [1.54, 1.807) is 13.2 Å². The van der Waals surface area contributed by atoms with Gasteiger partial charge in [0.25, 0.3) is 5.56 Å². The van der Waals surface area contributed by atoms with Gasteiger partial charge in [-0.25, -0.2) is 0 Å². The molecule has 8 heteroatoms. The number of aryl methyl sites for hydroxylation is 1. The molecule has 0 radical (unpaired) electrons. The summed E-state index contributed by atoms with van der Waals surface area (Å²) in [5.74, 6) is 0.729. The van der Waals surface area contributed by atoms with Gasteiger partial charge in [-0.1, -0.05) is 0 Å². The molecule has 2 fully saturated rings. The van der Waals surface area contributed by atoms with Gasteiger partial charge in [0.2, 0.25) is 5.91 Å². The summed E-state index contributed by atoms with van der Waals surface area (Å²) in [6.07, 6.45) is 7.39. The fourth-order valence-corrected chi connectivity index (χ4v) is 3.90. The summed E-state index contributed by atoms with van der Waals surface area (Å²) in [6.45, 7) is 0.935. The molecule has 1 aliphatic heterocycles. The second kappa shape index (κ2) is 9.05. The Morgan fingerprint density at radius 3 is 2.68 bits per heavy atom. The van der Waals surface area contributed by atoms with Gasteiger partial charge in [0.1, 0.15) is 5.75 Å². The molecule has 1 aliphatic carbocycles. The topological polar surface area (TPSA) is 72.4 Å². The van der Waals surface area contributed by atoms with Crippen LogP contribution in [0.5, 0.6) is 5.75 Å². The van der Waals surface area contributed by atoms with Crippen molar-refractivity contribution in [3.05, 3.63) is 27.1 Å². The highest BCUT2D eigenvalue weighted by Gasteiger charge is 2.28. The molecule has 0 spiro atoms. The lowest BCUT2D eigenvalue weighted by Crippen LogP contribution is -2.47. The van der Waals surface area contributed by atoms with Crippen LogP contribution in [-0.2, 0) is 11.8 Å². The Kier molecular flexibility index (Phi) is 7.34. The molecule has 0 aromatic carbocycles. The molecule has 140 valence electrons. The van der Waals surface area contributed by atoms with E-state index in [0.717, 1.165) is 49.5 Å². The van der Waals surface area contributed by atoms with Crippen LogP contribution in [0.4, 0.5) is 0 Å². The van der Waals surface area contributed by atoms with Crippen molar-refractivity contribution in [3.63, 3.8) is 0 Å². The van der Waals surface area contributed by atoms with Gasteiger partial charge in [-0.3, -0.25) is 9.59 Å². The quantitative estimate of drug-likeness (QED) is 0.761. The lowest BCUT2D eigenvalue weighted by molar-refractivity contribution is -0.123. The van der Waals surface area contributed by atoms with Gasteiger partial charge in [0.05, 0.1) is 16.6 Å². The summed E-state index contributed by atoms with van der Waals surface area (Å²) in [4.78, 5) is 23.9. The van der Waals surface area contributed by atoms with Gasteiger partial charge < -0.3 is 19.9 Å². The molecule has 0 bridgehead atoms. The van der Waals surface area contributed by atoms with E-state index in [4.69, 9.17) is 4.74 Å². The number of rotatable bonds is 4. The van der Waals surface area contributed by atoms with Gasteiger partial charge in [-0.15, -0.1) is 12.4 Å². The van der Waals surface area contributed by atoms with E-state index in [1.807, 2.05) is 0 Å². The Labute approximate surface area is 162 Å². The molecule has 2 N–H and O–H groups in total. The minimum absolute atomic E-state index is 0. The van der Waals surface area contributed by atoms with Crippen molar-refractivity contribution in [2.45, 2.75) is 56.7 Å². The second-order valence-corrected chi connectivity index (χ2v) is 7.54. The zero-order valence-electron chi connectivity index (χ0n) is 14.3. The molecule has 2 aliphatic rings. The van der Waals surface area contributed by atoms with Crippen LogP contribution in [0.3, 0.4) is 0 Å². The minimum atomic E-state index is -0.0850. The number of aromatic nitrogens is 1. The van der Waals surface area contributed by atoms with E-state index in [-0.39, 0.29) is 42.1 Å². The van der Waals surface area contributed by atoms with E-state index in [9.17, 15) is 9.59 Å². The molecule has 1 aromatic heterocycles. The molecule has 1 saturated heterocycles. The Hall–Kier alpha value is -1.05. The summed E-state index contributed by atoms with van der Waals surface area (Å²) < 4.78 is 8.29. The highest BCUT2D eigenvalue weighted by molar-refractivity contribution is 9.10. The number of hydrogen-bond donors (Lipinski definition) is 2. The summed E-state index contributed by atoms with van der Waals surface area (Å²) >= 11 is 3.44. The van der Waals surface area contributed by atoms with E-state index < -0.39 is 0 Å². The van der Waals surface area contributed by atoms with Crippen molar-refractivity contribution in [3.8, 4) is 5.75 Å². The molecular weight excluding hydrogens is 410 g/mol. The Morgan fingerprint density at radius 1 is 1.32 bits per heavy atom. The van der Waals surface area contributed by atoms with Crippen LogP contribution in [0, 0.1) is 0 Å². The van der Waals surface area contributed by atoms with Crippen LogP contribution in [-0.4, -0.2) is 35.2 Å². The van der Waals surface area contributed by atoms with Crippen molar-refractivity contribution in [1.29, 1.82) is 0 Å². The highest BCUT2D eigenvalue weighted by atomic mass is 79.9. The van der Waals surface area contributed by atoms with Crippen molar-refractivity contribution < 1.29 is 9.53 Å². The van der Waals surface area contributed by atoms with Crippen molar-refractivity contribution in [1.82, 2.24) is 15.2 Å². The predicted molar refractivity (Wildman–Crippen MR) is 102 cm³/mol. The van der Waals surface area contributed by atoms with Gasteiger partial charge in [0.15, 0.2) is 0 Å². The van der Waals surface area contributed by atoms with E-state index in [0.29, 0.717) is 5.75 Å². The van der Waals surface area contributed by atoms with Crippen LogP contribution in [0.1, 0.15) is 38.5 Å². The van der Waals surface area contributed by atoms with Crippen LogP contribution in [0.25, 0.3) is 0 Å². The third-order valence-corrected chi connectivity index (χ3v) is 5.43. The molecule has 2 heterocycles. The van der Waals surface area contributed by atoms with Gasteiger partial charge in [0, 0.05) is 25.4 Å². The highest BCUT2D eigenvalue weighted by Crippen LogP contribution is 2.28. The standard InChI is InChI=1S/C17H24BrN3O3.ClH/c1-21-10-13(18)15(9-16(21)22)24-12-6-4-11(5-7-12)20-17(23)14-3-2-8-19-14;/h9-12,14,19H,2-8H2,1H3,(H,20,23);1H/t11-,12-,14-;/m1./s1. The smallest absolute Gasteiger partial charge is 0.254 e. The maximum Gasteiger partial charge on any atom is 0.254 e.